The molecule has 2 aromatic carbocycles. The Kier molecular flexibility index (Phi) is 4.95. The molecule has 1 heterocycles. The summed E-state index contributed by atoms with van der Waals surface area (Å²) in [5, 5.41) is 22.3. The van der Waals surface area contributed by atoms with Crippen LogP contribution in [0.15, 0.2) is 67.0 Å². The van der Waals surface area contributed by atoms with E-state index in [9.17, 15) is 15.0 Å². The van der Waals surface area contributed by atoms with Gasteiger partial charge in [0.15, 0.2) is 0 Å². The van der Waals surface area contributed by atoms with Gasteiger partial charge in [0.25, 0.3) is 0 Å². The molecule has 1 aromatic heterocycles. The maximum absolute atomic E-state index is 11.3. The van der Waals surface area contributed by atoms with Crippen molar-refractivity contribution in [3.63, 3.8) is 0 Å². The van der Waals surface area contributed by atoms with Gasteiger partial charge in [-0.25, -0.2) is 4.79 Å². The third kappa shape index (κ3) is 3.78. The van der Waals surface area contributed by atoms with Gasteiger partial charge in [0.1, 0.15) is 0 Å². The summed E-state index contributed by atoms with van der Waals surface area (Å²) < 4.78 is 0. The topological polar surface area (TPSA) is 73.7 Å². The molecule has 0 bridgehead atoms. The molecule has 5 nitrogen and oxygen atoms in total. The zero-order chi connectivity index (χ0) is 17.8. The molecular formula is C20H20N2O3. The molecule has 0 saturated heterocycles. The van der Waals surface area contributed by atoms with Crippen LogP contribution in [-0.4, -0.2) is 39.8 Å². The van der Waals surface area contributed by atoms with Crippen molar-refractivity contribution in [3.8, 4) is 0 Å². The van der Waals surface area contributed by atoms with E-state index >= 15 is 0 Å². The van der Waals surface area contributed by atoms with Crippen LogP contribution in [0.3, 0.4) is 0 Å². The Labute approximate surface area is 146 Å². The molecule has 0 saturated carbocycles. The van der Waals surface area contributed by atoms with Crippen LogP contribution in [0.4, 0.5) is 4.79 Å². The highest BCUT2D eigenvalue weighted by molar-refractivity contribution is 5.83. The summed E-state index contributed by atoms with van der Waals surface area (Å²) in [5.74, 6) is -0.394. The summed E-state index contributed by atoms with van der Waals surface area (Å²) in [6.07, 6.45) is 1.38. The quantitative estimate of drug-likeness (QED) is 0.746. The van der Waals surface area contributed by atoms with Crippen molar-refractivity contribution in [2.75, 3.05) is 13.6 Å². The average Bonchev–Trinajstić information content (AvgIpc) is 2.65. The Balaban J connectivity index is 2.00. The fraction of sp³-hybridized carbons (Fsp3) is 0.200. The first-order chi connectivity index (χ1) is 12.1. The van der Waals surface area contributed by atoms with Gasteiger partial charge in [-0.2, -0.15) is 0 Å². The third-order valence-electron chi connectivity index (χ3n) is 4.41. The van der Waals surface area contributed by atoms with Crippen LogP contribution in [-0.2, 0) is 0 Å². The molecule has 0 aliphatic carbocycles. The first-order valence-electron chi connectivity index (χ1n) is 8.07. The Morgan fingerprint density at radius 2 is 1.84 bits per heavy atom. The molecule has 3 aromatic rings. The Hall–Kier alpha value is -2.92. The second kappa shape index (κ2) is 7.32. The molecule has 0 aliphatic rings. The molecule has 3 rings (SSSR count). The highest BCUT2D eigenvalue weighted by Crippen LogP contribution is 2.33. The number of carbonyl (C=O) groups is 1. The van der Waals surface area contributed by atoms with Crippen LogP contribution in [0.1, 0.15) is 23.1 Å². The van der Waals surface area contributed by atoms with E-state index in [0.29, 0.717) is 5.56 Å². The second-order valence-corrected chi connectivity index (χ2v) is 6.11. The summed E-state index contributed by atoms with van der Waals surface area (Å²) in [6.45, 7) is 0.184. The summed E-state index contributed by atoms with van der Waals surface area (Å²) >= 11 is 0. The zero-order valence-electron chi connectivity index (χ0n) is 13.9. The van der Waals surface area contributed by atoms with Gasteiger partial charge in [0, 0.05) is 31.9 Å². The van der Waals surface area contributed by atoms with E-state index in [-0.39, 0.29) is 6.54 Å². The molecule has 128 valence electrons. The van der Waals surface area contributed by atoms with E-state index in [2.05, 4.69) is 4.98 Å². The number of aliphatic hydroxyl groups is 1. The van der Waals surface area contributed by atoms with Crippen LogP contribution in [0, 0.1) is 0 Å². The predicted octanol–water partition coefficient (Wildman–Crippen LogP) is 3.66. The van der Waals surface area contributed by atoms with E-state index in [1.54, 1.807) is 24.5 Å². The SMILES string of the molecule is CN(CC(c1ccc2ccccc2c1)C(O)c1cccnc1)C(=O)O. The van der Waals surface area contributed by atoms with E-state index in [0.717, 1.165) is 16.3 Å². The maximum atomic E-state index is 11.3. The van der Waals surface area contributed by atoms with Gasteiger partial charge in [-0.3, -0.25) is 4.98 Å². The van der Waals surface area contributed by atoms with Crippen molar-refractivity contribution in [2.45, 2.75) is 12.0 Å². The van der Waals surface area contributed by atoms with Gasteiger partial charge >= 0.3 is 6.09 Å². The number of aliphatic hydroxyl groups excluding tert-OH is 1. The van der Waals surface area contributed by atoms with Gasteiger partial charge in [-0.05, 0) is 28.0 Å². The summed E-state index contributed by atoms with van der Waals surface area (Å²) in [6, 6.07) is 17.5. The summed E-state index contributed by atoms with van der Waals surface area (Å²) in [7, 11) is 1.51. The van der Waals surface area contributed by atoms with Gasteiger partial charge in [0.2, 0.25) is 0 Å². The number of nitrogens with zero attached hydrogens (tertiary/aromatic N) is 2. The monoisotopic (exact) mass is 336 g/mol. The lowest BCUT2D eigenvalue weighted by atomic mass is 9.88. The van der Waals surface area contributed by atoms with Gasteiger partial charge < -0.3 is 15.1 Å². The molecule has 2 unspecified atom stereocenters. The molecule has 0 radical (unpaired) electrons. The van der Waals surface area contributed by atoms with Crippen LogP contribution in [0.2, 0.25) is 0 Å². The minimum absolute atomic E-state index is 0.184. The lowest BCUT2D eigenvalue weighted by molar-refractivity contribution is 0.113. The van der Waals surface area contributed by atoms with Crippen molar-refractivity contribution >= 4 is 16.9 Å². The second-order valence-electron chi connectivity index (χ2n) is 6.11. The number of hydrogen-bond donors (Lipinski definition) is 2. The molecule has 2 N–H and O–H groups in total. The van der Waals surface area contributed by atoms with Crippen LogP contribution in [0.25, 0.3) is 10.8 Å². The average molecular weight is 336 g/mol. The number of carboxylic acid groups (broad SMARTS) is 1. The lowest BCUT2D eigenvalue weighted by Crippen LogP contribution is -2.32. The van der Waals surface area contributed by atoms with Crippen LogP contribution >= 0.6 is 0 Å². The number of pyridine rings is 1. The number of aromatic nitrogens is 1. The number of fused-ring (bicyclic) bond motifs is 1. The number of likely N-dealkylation sites (N-methyl/N-ethyl adjacent to an activating group) is 1. The standard InChI is InChI=1S/C20H20N2O3/c1-22(20(24)25)13-18(19(23)17-7-4-10-21-12-17)16-9-8-14-5-2-3-6-15(14)11-16/h2-12,18-19,23H,13H2,1H3,(H,24,25). The predicted molar refractivity (Wildman–Crippen MR) is 96.5 cm³/mol. The number of rotatable bonds is 5. The Bertz CT molecular complexity index is 867. The first kappa shape index (κ1) is 16.9. The fourth-order valence-corrected chi connectivity index (χ4v) is 2.98. The highest BCUT2D eigenvalue weighted by atomic mass is 16.4. The molecule has 1 amide bonds. The minimum atomic E-state index is -1.02. The minimum Gasteiger partial charge on any atom is -0.465 e. The van der Waals surface area contributed by atoms with Crippen LogP contribution < -0.4 is 0 Å². The Morgan fingerprint density at radius 1 is 1.08 bits per heavy atom. The molecule has 2 atom stereocenters. The van der Waals surface area contributed by atoms with Crippen molar-refractivity contribution in [2.24, 2.45) is 0 Å². The van der Waals surface area contributed by atoms with Crippen molar-refractivity contribution in [1.29, 1.82) is 0 Å². The maximum Gasteiger partial charge on any atom is 0.407 e. The number of hydrogen-bond acceptors (Lipinski definition) is 3. The van der Waals surface area contributed by atoms with E-state index in [1.807, 2.05) is 42.5 Å². The third-order valence-corrected chi connectivity index (χ3v) is 4.41. The van der Waals surface area contributed by atoms with Gasteiger partial charge in [-0.1, -0.05) is 48.5 Å². The van der Waals surface area contributed by atoms with E-state index in [4.69, 9.17) is 0 Å². The summed E-state index contributed by atoms with van der Waals surface area (Å²) in [4.78, 5) is 16.5. The molecule has 0 spiro atoms. The number of benzene rings is 2. The fourth-order valence-electron chi connectivity index (χ4n) is 2.98. The Morgan fingerprint density at radius 3 is 2.52 bits per heavy atom. The zero-order valence-corrected chi connectivity index (χ0v) is 13.9. The van der Waals surface area contributed by atoms with Crippen molar-refractivity contribution < 1.29 is 15.0 Å². The summed E-state index contributed by atoms with van der Waals surface area (Å²) in [5.41, 5.74) is 1.56. The molecule has 0 aliphatic heterocycles. The molecule has 25 heavy (non-hydrogen) atoms. The van der Waals surface area contributed by atoms with Crippen molar-refractivity contribution in [3.05, 3.63) is 78.1 Å². The van der Waals surface area contributed by atoms with E-state index in [1.165, 1.54) is 11.9 Å². The molecule has 0 fully saturated rings. The molecular weight excluding hydrogens is 316 g/mol. The van der Waals surface area contributed by atoms with Crippen molar-refractivity contribution in [1.82, 2.24) is 9.88 Å². The lowest BCUT2D eigenvalue weighted by Gasteiger charge is -2.27. The normalized spacial score (nSPS) is 13.4. The molecule has 5 heteroatoms. The largest absolute Gasteiger partial charge is 0.465 e. The van der Waals surface area contributed by atoms with Crippen LogP contribution in [0.5, 0.6) is 0 Å². The number of amides is 1. The van der Waals surface area contributed by atoms with E-state index < -0.39 is 18.1 Å². The van der Waals surface area contributed by atoms with Gasteiger partial charge in [0.05, 0.1) is 6.10 Å². The highest BCUT2D eigenvalue weighted by Gasteiger charge is 2.26. The smallest absolute Gasteiger partial charge is 0.407 e. The first-order valence-corrected chi connectivity index (χ1v) is 8.07. The van der Waals surface area contributed by atoms with Gasteiger partial charge in [-0.15, -0.1) is 0 Å².